The zero-order valence-electron chi connectivity index (χ0n) is 27.4. The molecule has 0 saturated heterocycles. The number of rotatable bonds is 7. The minimum atomic E-state index is -2.37. The number of carbonyl (C=O) groups is 5. The molecule has 0 radical (unpaired) electrons. The molecule has 12 nitrogen and oxygen atoms in total. The van der Waals surface area contributed by atoms with Gasteiger partial charge in [0.15, 0.2) is 0 Å². The Bertz CT molecular complexity index is 1620. The number of hydrogen-bond acceptors (Lipinski definition) is 12. The Balaban J connectivity index is 1.86. The quantitative estimate of drug-likeness (QED) is 0.331. The topological polar surface area (TPSA) is 172 Å². The van der Waals surface area contributed by atoms with Crippen molar-refractivity contribution in [3.63, 3.8) is 0 Å². The molecular weight excluding hydrogens is 612 g/mol. The SMILES string of the molecule is CC(=O)OC[C@@]12Cc3ccc(C)c(O)c3[C@]1(C)[C@@H](OC(C)=O)[C@]1(O)[C@H]([C@@H](OC(=O)c3ccccc3)[C@@H](C)[C@H]1OC(C)=O)[C@H]2OC(C)=O. The number of aryl methyl sites for hydroxylation is 1. The molecule has 12 heteroatoms. The molecule has 0 spiro atoms. The predicted octanol–water partition coefficient (Wildman–Crippen LogP) is 3.10. The smallest absolute Gasteiger partial charge is 0.338 e. The number of ether oxygens (including phenoxy) is 5. The van der Waals surface area contributed by atoms with Crippen molar-refractivity contribution < 1.29 is 57.9 Å². The van der Waals surface area contributed by atoms with Crippen molar-refractivity contribution in [2.24, 2.45) is 17.3 Å². The van der Waals surface area contributed by atoms with Gasteiger partial charge in [0.05, 0.1) is 16.9 Å². The highest BCUT2D eigenvalue weighted by Gasteiger charge is 2.83. The maximum atomic E-state index is 13.6. The number of carbonyl (C=O) groups excluding carboxylic acids is 5. The van der Waals surface area contributed by atoms with Gasteiger partial charge in [-0.2, -0.15) is 0 Å². The van der Waals surface area contributed by atoms with Crippen LogP contribution in [0, 0.1) is 24.2 Å². The van der Waals surface area contributed by atoms with E-state index in [9.17, 15) is 34.2 Å². The van der Waals surface area contributed by atoms with Crippen LogP contribution in [-0.2, 0) is 54.7 Å². The van der Waals surface area contributed by atoms with Crippen molar-refractivity contribution in [2.75, 3.05) is 6.61 Å². The van der Waals surface area contributed by atoms with E-state index in [1.165, 1.54) is 13.8 Å². The molecule has 2 fully saturated rings. The average Bonchev–Trinajstić information content (AvgIpc) is 3.37. The molecule has 9 atom stereocenters. The number of phenolic OH excluding ortho intramolecular Hbond substituents is 1. The van der Waals surface area contributed by atoms with Crippen LogP contribution >= 0.6 is 0 Å². The van der Waals surface area contributed by atoms with Gasteiger partial charge in [0.25, 0.3) is 0 Å². The lowest BCUT2D eigenvalue weighted by atomic mass is 9.47. The van der Waals surface area contributed by atoms with E-state index in [0.717, 1.165) is 13.8 Å². The van der Waals surface area contributed by atoms with Gasteiger partial charge in [-0.25, -0.2) is 4.79 Å². The van der Waals surface area contributed by atoms with Crippen LogP contribution in [0.15, 0.2) is 42.5 Å². The molecule has 0 aliphatic heterocycles. The summed E-state index contributed by atoms with van der Waals surface area (Å²) in [5, 5.41) is 24.8. The second-order valence-corrected chi connectivity index (χ2v) is 13.1. The summed E-state index contributed by atoms with van der Waals surface area (Å²) < 4.78 is 29.7. The van der Waals surface area contributed by atoms with Crippen molar-refractivity contribution in [1.29, 1.82) is 0 Å². The van der Waals surface area contributed by atoms with E-state index in [4.69, 9.17) is 23.7 Å². The fourth-order valence-electron chi connectivity index (χ4n) is 8.53. The largest absolute Gasteiger partial charge is 0.507 e. The number of phenols is 1. The van der Waals surface area contributed by atoms with Gasteiger partial charge < -0.3 is 33.9 Å². The standard InChI is InChI=1S/C35H40O12/c1-17-13-14-24-15-34(16-43-19(3)36)30(45-21(5)38)26-28(47-31(41)23-11-9-8-10-12-23)18(2)29(44-20(4)37)35(26,42)32(46-22(6)39)33(34,7)25(24)27(17)40/h8-14,18,26,28-30,32,40,42H,15-16H2,1-7H3/t18-,26-,28+,29-,30-,32-,33-,34-,35+/m1/s1. The molecular formula is C35H40O12. The summed E-state index contributed by atoms with van der Waals surface area (Å²) in [6.45, 7) is 9.19. The van der Waals surface area contributed by atoms with Gasteiger partial charge >= 0.3 is 29.8 Å². The first-order chi connectivity index (χ1) is 22.0. The molecule has 2 saturated carbocycles. The molecule has 5 rings (SSSR count). The summed E-state index contributed by atoms with van der Waals surface area (Å²) in [6, 6.07) is 11.6. The highest BCUT2D eigenvalue weighted by molar-refractivity contribution is 5.89. The van der Waals surface area contributed by atoms with E-state index in [-0.39, 0.29) is 17.7 Å². The summed E-state index contributed by atoms with van der Waals surface area (Å²) in [6.07, 6.45) is -5.71. The summed E-state index contributed by atoms with van der Waals surface area (Å²) >= 11 is 0. The third-order valence-electron chi connectivity index (χ3n) is 10.3. The van der Waals surface area contributed by atoms with E-state index in [2.05, 4.69) is 0 Å². The number of esters is 5. The molecule has 252 valence electrons. The van der Waals surface area contributed by atoms with Crippen molar-refractivity contribution in [1.82, 2.24) is 0 Å². The predicted molar refractivity (Wildman–Crippen MR) is 163 cm³/mol. The van der Waals surface area contributed by atoms with E-state index in [0.29, 0.717) is 16.7 Å². The summed E-state index contributed by atoms with van der Waals surface area (Å²) in [4.78, 5) is 64.5. The van der Waals surface area contributed by atoms with E-state index < -0.39 is 89.1 Å². The maximum absolute atomic E-state index is 13.6. The van der Waals surface area contributed by atoms with Crippen LogP contribution < -0.4 is 0 Å². The number of benzene rings is 2. The molecule has 3 aliphatic carbocycles. The summed E-state index contributed by atoms with van der Waals surface area (Å²) in [5.41, 5.74) is -3.99. The van der Waals surface area contributed by atoms with Crippen LogP contribution in [-0.4, -0.2) is 76.7 Å². The molecule has 47 heavy (non-hydrogen) atoms. The van der Waals surface area contributed by atoms with Gasteiger partial charge in [-0.15, -0.1) is 0 Å². The first-order valence-corrected chi connectivity index (χ1v) is 15.5. The van der Waals surface area contributed by atoms with Crippen LogP contribution in [0.3, 0.4) is 0 Å². The van der Waals surface area contributed by atoms with E-state index in [1.807, 2.05) is 0 Å². The molecule has 3 aliphatic rings. The number of hydrogen-bond donors (Lipinski definition) is 2. The third kappa shape index (κ3) is 5.13. The maximum Gasteiger partial charge on any atom is 0.338 e. The lowest BCUT2D eigenvalue weighted by Gasteiger charge is -2.62. The van der Waals surface area contributed by atoms with E-state index >= 15 is 0 Å². The Morgan fingerprint density at radius 2 is 1.43 bits per heavy atom. The van der Waals surface area contributed by atoms with Gasteiger partial charge in [-0.1, -0.05) is 44.2 Å². The molecule has 0 amide bonds. The Morgan fingerprint density at radius 1 is 0.830 bits per heavy atom. The number of aromatic hydroxyl groups is 1. The molecule has 2 aromatic rings. The number of aliphatic hydroxyl groups is 1. The first-order valence-electron chi connectivity index (χ1n) is 15.5. The Kier molecular flexibility index (Phi) is 8.63. The monoisotopic (exact) mass is 652 g/mol. The first kappa shape index (κ1) is 33.9. The lowest BCUT2D eigenvalue weighted by molar-refractivity contribution is -0.285. The van der Waals surface area contributed by atoms with Gasteiger partial charge in [-0.3, -0.25) is 19.2 Å². The zero-order valence-corrected chi connectivity index (χ0v) is 27.4. The molecule has 2 N–H and O–H groups in total. The Labute approximate surface area is 272 Å². The van der Waals surface area contributed by atoms with Crippen LogP contribution in [0.25, 0.3) is 0 Å². The highest BCUT2D eigenvalue weighted by Crippen LogP contribution is 2.70. The van der Waals surface area contributed by atoms with Gasteiger partial charge in [0, 0.05) is 44.6 Å². The summed E-state index contributed by atoms with van der Waals surface area (Å²) in [7, 11) is 0. The average molecular weight is 653 g/mol. The second-order valence-electron chi connectivity index (χ2n) is 13.1. The van der Waals surface area contributed by atoms with E-state index in [1.54, 1.807) is 63.2 Å². The third-order valence-corrected chi connectivity index (χ3v) is 10.3. The fourth-order valence-corrected chi connectivity index (χ4v) is 8.53. The van der Waals surface area contributed by atoms with Crippen molar-refractivity contribution in [2.45, 2.75) is 90.3 Å². The van der Waals surface area contributed by atoms with Gasteiger partial charge in [0.1, 0.15) is 42.4 Å². The van der Waals surface area contributed by atoms with Crippen LogP contribution in [0.1, 0.15) is 68.6 Å². The minimum Gasteiger partial charge on any atom is -0.507 e. The Morgan fingerprint density at radius 3 is 2.00 bits per heavy atom. The normalized spacial score (nSPS) is 33.4. The molecule has 0 aromatic heterocycles. The van der Waals surface area contributed by atoms with Crippen molar-refractivity contribution >= 4 is 29.8 Å². The molecule has 2 aromatic carbocycles. The second kappa shape index (κ2) is 12.0. The highest BCUT2D eigenvalue weighted by atomic mass is 16.6. The molecule has 0 unspecified atom stereocenters. The van der Waals surface area contributed by atoms with Crippen LogP contribution in [0.2, 0.25) is 0 Å². The van der Waals surface area contributed by atoms with Gasteiger partial charge in [-0.05, 0) is 36.6 Å². The van der Waals surface area contributed by atoms with Crippen molar-refractivity contribution in [3.05, 3.63) is 64.7 Å². The van der Waals surface area contributed by atoms with Crippen LogP contribution in [0.5, 0.6) is 5.75 Å². The molecule has 0 bridgehead atoms. The minimum absolute atomic E-state index is 0.0359. The van der Waals surface area contributed by atoms with Crippen molar-refractivity contribution in [3.8, 4) is 5.75 Å². The Hall–Kier alpha value is -4.45. The zero-order chi connectivity index (χ0) is 34.6. The lowest BCUT2D eigenvalue weighted by Crippen LogP contribution is -2.77. The summed E-state index contributed by atoms with van der Waals surface area (Å²) in [5.74, 6) is -6.24. The van der Waals surface area contributed by atoms with Gasteiger partial charge in [0.2, 0.25) is 0 Å². The molecule has 0 heterocycles. The number of fused-ring (bicyclic) bond motifs is 4. The fraction of sp³-hybridized carbons (Fsp3) is 0.514. The van der Waals surface area contributed by atoms with Crippen LogP contribution in [0.4, 0.5) is 0 Å².